The zero-order valence-corrected chi connectivity index (χ0v) is 14.5. The minimum Gasteiger partial charge on any atom is -0.497 e. The lowest BCUT2D eigenvalue weighted by Gasteiger charge is -2.21. The fourth-order valence-electron chi connectivity index (χ4n) is 1.88. The van der Waals surface area contributed by atoms with Gasteiger partial charge in [-0.15, -0.1) is 0 Å². The molecule has 0 saturated carbocycles. The number of hydrogen-bond acceptors (Lipinski definition) is 3. The van der Waals surface area contributed by atoms with E-state index in [9.17, 15) is 4.79 Å². The van der Waals surface area contributed by atoms with E-state index in [1.807, 2.05) is 52.0 Å². The van der Waals surface area contributed by atoms with Crippen LogP contribution >= 0.6 is 11.6 Å². The van der Waals surface area contributed by atoms with Crippen molar-refractivity contribution in [3.63, 3.8) is 0 Å². The Bertz CT molecular complexity index is 518. The first-order valence-corrected chi connectivity index (χ1v) is 7.60. The Hall–Kier alpha value is -1.68. The average Bonchev–Trinajstić information content (AvgIpc) is 2.46. The molecule has 1 amide bonds. The van der Waals surface area contributed by atoms with Gasteiger partial charge in [-0.1, -0.05) is 30.7 Å². The van der Waals surface area contributed by atoms with E-state index in [1.54, 1.807) is 7.11 Å². The summed E-state index contributed by atoms with van der Waals surface area (Å²) < 4.78 is 10.4. The first-order chi connectivity index (χ1) is 10.3. The standard InChI is InChI=1S/C17H24ClNO3/c1-12(13-6-8-15(21-5)9-7-13)14(10-18)11-19-16(20)22-17(2,3)4/h6-10,12H,11H2,1-5H3,(H,19,20)/b14-10-. The van der Waals surface area contributed by atoms with Crippen LogP contribution in [0.1, 0.15) is 39.2 Å². The second kappa shape index (κ2) is 8.08. The van der Waals surface area contributed by atoms with Gasteiger partial charge in [-0.3, -0.25) is 0 Å². The quantitative estimate of drug-likeness (QED) is 0.870. The van der Waals surface area contributed by atoms with Crippen molar-refractivity contribution in [2.45, 2.75) is 39.2 Å². The summed E-state index contributed by atoms with van der Waals surface area (Å²) >= 11 is 5.91. The van der Waals surface area contributed by atoms with Crippen LogP contribution in [0.3, 0.4) is 0 Å². The molecular weight excluding hydrogens is 302 g/mol. The third-order valence-corrected chi connectivity index (χ3v) is 3.43. The Balaban J connectivity index is 2.65. The molecule has 1 unspecified atom stereocenters. The van der Waals surface area contributed by atoms with E-state index in [-0.39, 0.29) is 5.92 Å². The van der Waals surface area contributed by atoms with Gasteiger partial charge in [-0.25, -0.2) is 4.79 Å². The zero-order valence-electron chi connectivity index (χ0n) is 13.8. The summed E-state index contributed by atoms with van der Waals surface area (Å²) in [7, 11) is 1.63. The molecule has 4 nitrogen and oxygen atoms in total. The molecule has 0 aliphatic heterocycles. The predicted octanol–water partition coefficient (Wildman–Crippen LogP) is 4.45. The average molecular weight is 326 g/mol. The summed E-state index contributed by atoms with van der Waals surface area (Å²) in [5.41, 5.74) is 2.99. The second-order valence-corrected chi connectivity index (χ2v) is 6.25. The number of rotatable bonds is 5. The van der Waals surface area contributed by atoms with Crippen molar-refractivity contribution < 1.29 is 14.3 Å². The number of carbonyl (C=O) groups excluding carboxylic acids is 1. The van der Waals surface area contributed by atoms with Crippen molar-refractivity contribution in [3.05, 3.63) is 40.9 Å². The number of nitrogens with one attached hydrogen (secondary N) is 1. The third kappa shape index (κ3) is 5.98. The molecule has 0 saturated heterocycles. The van der Waals surface area contributed by atoms with Gasteiger partial charge in [-0.05, 0) is 44.0 Å². The fourth-order valence-corrected chi connectivity index (χ4v) is 2.15. The minimum absolute atomic E-state index is 0.0818. The summed E-state index contributed by atoms with van der Waals surface area (Å²) in [4.78, 5) is 11.7. The maximum absolute atomic E-state index is 11.7. The molecule has 0 radical (unpaired) electrons. The zero-order chi connectivity index (χ0) is 16.8. The smallest absolute Gasteiger partial charge is 0.407 e. The van der Waals surface area contributed by atoms with Gasteiger partial charge in [0.05, 0.1) is 7.11 Å². The highest BCUT2D eigenvalue weighted by atomic mass is 35.5. The summed E-state index contributed by atoms with van der Waals surface area (Å²) in [5.74, 6) is 0.887. The molecule has 5 heteroatoms. The Morgan fingerprint density at radius 3 is 2.36 bits per heavy atom. The van der Waals surface area contributed by atoms with Gasteiger partial charge in [0.1, 0.15) is 11.4 Å². The van der Waals surface area contributed by atoms with E-state index in [1.165, 1.54) is 5.54 Å². The number of amides is 1. The summed E-state index contributed by atoms with van der Waals surface area (Å²) in [5, 5.41) is 2.72. The van der Waals surface area contributed by atoms with Crippen LogP contribution in [-0.2, 0) is 4.74 Å². The molecule has 0 aliphatic rings. The third-order valence-electron chi connectivity index (χ3n) is 3.15. The predicted molar refractivity (Wildman–Crippen MR) is 89.6 cm³/mol. The maximum Gasteiger partial charge on any atom is 0.407 e. The highest BCUT2D eigenvalue weighted by Crippen LogP contribution is 2.25. The van der Waals surface area contributed by atoms with Gasteiger partial charge in [0.15, 0.2) is 0 Å². The molecule has 122 valence electrons. The van der Waals surface area contributed by atoms with E-state index in [0.29, 0.717) is 6.54 Å². The van der Waals surface area contributed by atoms with E-state index in [2.05, 4.69) is 5.32 Å². The first-order valence-electron chi connectivity index (χ1n) is 7.16. The summed E-state index contributed by atoms with van der Waals surface area (Å²) in [6.07, 6.45) is -0.453. The maximum atomic E-state index is 11.7. The first kappa shape index (κ1) is 18.4. The largest absolute Gasteiger partial charge is 0.497 e. The normalized spacial score (nSPS) is 13.5. The molecule has 1 aromatic rings. The molecule has 1 aromatic carbocycles. The molecule has 1 rings (SSSR count). The number of carbonyl (C=O) groups is 1. The molecule has 0 aliphatic carbocycles. The molecule has 1 atom stereocenters. The van der Waals surface area contributed by atoms with Crippen LogP contribution in [0.2, 0.25) is 0 Å². The summed E-state index contributed by atoms with van der Waals surface area (Å²) in [6.45, 7) is 7.85. The van der Waals surface area contributed by atoms with Gasteiger partial charge >= 0.3 is 6.09 Å². The molecule has 1 N–H and O–H groups in total. The highest BCUT2D eigenvalue weighted by Gasteiger charge is 2.17. The number of ether oxygens (including phenoxy) is 2. The van der Waals surface area contributed by atoms with Crippen molar-refractivity contribution in [3.8, 4) is 5.75 Å². The monoisotopic (exact) mass is 325 g/mol. The van der Waals surface area contributed by atoms with Crippen LogP contribution in [0.25, 0.3) is 0 Å². The van der Waals surface area contributed by atoms with Crippen molar-refractivity contribution in [1.82, 2.24) is 5.32 Å². The van der Waals surface area contributed by atoms with E-state index in [4.69, 9.17) is 21.1 Å². The lowest BCUT2D eigenvalue weighted by molar-refractivity contribution is 0.0532. The highest BCUT2D eigenvalue weighted by molar-refractivity contribution is 6.25. The van der Waals surface area contributed by atoms with Crippen LogP contribution in [0, 0.1) is 0 Å². The molecular formula is C17H24ClNO3. The molecule has 22 heavy (non-hydrogen) atoms. The fraction of sp³-hybridized carbons (Fsp3) is 0.471. The number of halogens is 1. The molecule has 0 fully saturated rings. The Morgan fingerprint density at radius 2 is 1.91 bits per heavy atom. The van der Waals surface area contributed by atoms with Gasteiger partial charge in [0.2, 0.25) is 0 Å². The lowest BCUT2D eigenvalue weighted by Crippen LogP contribution is -2.34. The van der Waals surface area contributed by atoms with Crippen LogP contribution in [-0.4, -0.2) is 25.3 Å². The molecule has 0 heterocycles. The lowest BCUT2D eigenvalue weighted by atomic mass is 9.94. The summed E-state index contributed by atoms with van der Waals surface area (Å²) in [6, 6.07) is 7.77. The van der Waals surface area contributed by atoms with Crippen LogP contribution < -0.4 is 10.1 Å². The molecule has 0 aromatic heterocycles. The van der Waals surface area contributed by atoms with E-state index in [0.717, 1.165) is 16.9 Å². The number of alkyl carbamates (subject to hydrolysis) is 1. The van der Waals surface area contributed by atoms with Crippen molar-refractivity contribution >= 4 is 17.7 Å². The van der Waals surface area contributed by atoms with Gasteiger partial charge < -0.3 is 14.8 Å². The molecule has 0 bridgehead atoms. The second-order valence-electron chi connectivity index (χ2n) is 6.03. The number of benzene rings is 1. The van der Waals surface area contributed by atoms with Gasteiger partial charge in [0, 0.05) is 18.0 Å². The molecule has 0 spiro atoms. The Labute approximate surface area is 137 Å². The van der Waals surface area contributed by atoms with Crippen LogP contribution in [0.5, 0.6) is 5.75 Å². The van der Waals surface area contributed by atoms with E-state index >= 15 is 0 Å². The topological polar surface area (TPSA) is 47.6 Å². The van der Waals surface area contributed by atoms with Gasteiger partial charge in [-0.2, -0.15) is 0 Å². The van der Waals surface area contributed by atoms with Gasteiger partial charge in [0.25, 0.3) is 0 Å². The SMILES string of the molecule is COc1ccc(C(C)/C(=C\Cl)CNC(=O)OC(C)(C)C)cc1. The number of methoxy groups -OCH3 is 1. The van der Waals surface area contributed by atoms with Crippen molar-refractivity contribution in [2.24, 2.45) is 0 Å². The Kier molecular flexibility index (Phi) is 6.75. The minimum atomic E-state index is -0.517. The number of hydrogen-bond donors (Lipinski definition) is 1. The van der Waals surface area contributed by atoms with E-state index < -0.39 is 11.7 Å². The Morgan fingerprint density at radius 1 is 1.32 bits per heavy atom. The van der Waals surface area contributed by atoms with Crippen molar-refractivity contribution in [2.75, 3.05) is 13.7 Å². The van der Waals surface area contributed by atoms with Crippen molar-refractivity contribution in [1.29, 1.82) is 0 Å². The van der Waals surface area contributed by atoms with Crippen LogP contribution in [0.15, 0.2) is 35.4 Å². The van der Waals surface area contributed by atoms with Crippen LogP contribution in [0.4, 0.5) is 4.79 Å².